The second kappa shape index (κ2) is 19.1. The van der Waals surface area contributed by atoms with Crippen LogP contribution < -0.4 is 26.2 Å². The Hall–Kier alpha value is -9.26. The fourth-order valence-electron chi connectivity index (χ4n) is 15.6. The number of benzene rings is 9. The molecule has 0 radical (unpaired) electrons. The number of para-hydroxylation sites is 2. The van der Waals surface area contributed by atoms with Crippen molar-refractivity contribution in [2.24, 2.45) is 0 Å². The Kier molecular flexibility index (Phi) is 11.6. The number of fused-ring (bicyclic) bond motifs is 9. The summed E-state index contributed by atoms with van der Waals surface area (Å²) in [7, 11) is 0. The second-order valence-corrected chi connectivity index (χ2v) is 27.5. The van der Waals surface area contributed by atoms with E-state index in [-0.39, 0.29) is 28.4 Å². The summed E-state index contributed by atoms with van der Waals surface area (Å²) in [5.41, 5.74) is 28.5. The van der Waals surface area contributed by atoms with Gasteiger partial charge >= 0.3 is 0 Å². The van der Waals surface area contributed by atoms with Crippen molar-refractivity contribution >= 4 is 79.0 Å². The van der Waals surface area contributed by atoms with Gasteiger partial charge in [0, 0.05) is 80.6 Å². The Bertz CT molecular complexity index is 4300. The molecule has 3 aromatic heterocycles. The Balaban J connectivity index is 1.15. The standard InChI is InChI=1S/C80H70BN5/c1-77(2)37-39-79(5,6)64-45-70-66(43-62(64)77)81-67-44-63-65(80(7,8)40-38-78(63,3)4)46-71(67)86(76-60(53-29-17-11-18-30-53)49-83-50-61(76)54-31-19-12-20-32-54)73-42-55(84-68-35-23-21-33-56(68)57-34-22-24-36-69(57)84)41-72(74(73)81)85(70)75-58(51-25-13-9-14-26-51)47-82-48-59(75)52-27-15-10-16-28-52/h9-36,41-50H,37-40H2,1-8H3. The summed E-state index contributed by atoms with van der Waals surface area (Å²) in [6, 6.07) is 77.7. The van der Waals surface area contributed by atoms with Gasteiger partial charge < -0.3 is 14.4 Å². The SMILES string of the molecule is CC1(C)CCC(C)(C)c2cc3c(cc21)B1c2cc4c(cc2N(c2c(-c5ccccc5)cncc2-c2ccccc2)c2cc(-n5c6ccccc6c6ccccc65)cc(c21)N3c1c(-c2ccccc2)cncc1-c1ccccc1)C(C)(C)CCC4(C)C. The summed E-state index contributed by atoms with van der Waals surface area (Å²) < 4.78 is 2.54. The van der Waals surface area contributed by atoms with Gasteiger partial charge in [0.15, 0.2) is 0 Å². The lowest BCUT2D eigenvalue weighted by Crippen LogP contribution is -2.62. The fraction of sp³-hybridized carbons (Fsp3) is 0.200. The van der Waals surface area contributed by atoms with Crippen LogP contribution >= 0.6 is 0 Å². The number of nitrogens with zero attached hydrogens (tertiary/aromatic N) is 5. The highest BCUT2D eigenvalue weighted by molar-refractivity contribution is 7.00. The first kappa shape index (κ1) is 52.3. The molecule has 418 valence electrons. The number of hydrogen-bond donors (Lipinski definition) is 0. The molecule has 4 aliphatic rings. The van der Waals surface area contributed by atoms with Crippen LogP contribution in [0.15, 0.2) is 231 Å². The number of pyridine rings is 2. The van der Waals surface area contributed by atoms with Crippen LogP contribution in [0.4, 0.5) is 34.1 Å². The van der Waals surface area contributed by atoms with E-state index in [4.69, 9.17) is 9.97 Å². The zero-order valence-corrected chi connectivity index (χ0v) is 50.6. The minimum absolute atomic E-state index is 0.0626. The number of hydrogen-bond acceptors (Lipinski definition) is 4. The molecule has 0 atom stereocenters. The Morgan fingerprint density at radius 2 is 0.640 bits per heavy atom. The summed E-state index contributed by atoms with van der Waals surface area (Å²) in [5, 5.41) is 2.45. The van der Waals surface area contributed by atoms with Crippen molar-refractivity contribution in [3.8, 4) is 50.2 Å². The fourth-order valence-corrected chi connectivity index (χ4v) is 15.6. The van der Waals surface area contributed by atoms with Crippen molar-refractivity contribution in [3.05, 3.63) is 253 Å². The predicted molar refractivity (Wildman–Crippen MR) is 363 cm³/mol. The van der Waals surface area contributed by atoms with Gasteiger partial charge in [-0.25, -0.2) is 0 Å². The highest BCUT2D eigenvalue weighted by Crippen LogP contribution is 2.57. The molecule has 2 aliphatic carbocycles. The Labute approximate surface area is 506 Å². The largest absolute Gasteiger partial charge is 0.310 e. The third-order valence-electron chi connectivity index (χ3n) is 20.5. The maximum atomic E-state index is 5.18. The van der Waals surface area contributed by atoms with E-state index in [1.807, 2.05) is 0 Å². The van der Waals surface area contributed by atoms with E-state index < -0.39 is 0 Å². The maximum absolute atomic E-state index is 5.18. The zero-order valence-electron chi connectivity index (χ0n) is 50.6. The van der Waals surface area contributed by atoms with Gasteiger partial charge in [0.25, 0.3) is 6.71 Å². The van der Waals surface area contributed by atoms with Gasteiger partial charge in [-0.2, -0.15) is 0 Å². The molecule has 2 aliphatic heterocycles. The smallest absolute Gasteiger partial charge is 0.252 e. The van der Waals surface area contributed by atoms with Crippen molar-refractivity contribution in [2.45, 2.75) is 103 Å². The summed E-state index contributed by atoms with van der Waals surface area (Å²) in [4.78, 5) is 15.8. The van der Waals surface area contributed by atoms with E-state index in [1.54, 1.807) is 0 Å². The molecule has 6 heteroatoms. The van der Waals surface area contributed by atoms with Gasteiger partial charge in [-0.15, -0.1) is 0 Å². The average Bonchev–Trinajstić information content (AvgIpc) is 0.696. The van der Waals surface area contributed by atoms with E-state index in [0.717, 1.165) is 110 Å². The zero-order chi connectivity index (χ0) is 58.4. The molecule has 0 N–H and O–H groups in total. The Morgan fingerprint density at radius 1 is 0.337 bits per heavy atom. The van der Waals surface area contributed by atoms with E-state index in [9.17, 15) is 0 Å². The Morgan fingerprint density at radius 3 is 0.977 bits per heavy atom. The summed E-state index contributed by atoms with van der Waals surface area (Å²) in [6.07, 6.45) is 12.9. The molecule has 0 fully saturated rings. The third-order valence-corrected chi connectivity index (χ3v) is 20.5. The molecule has 0 amide bonds. The lowest BCUT2D eigenvalue weighted by Gasteiger charge is -2.49. The second-order valence-electron chi connectivity index (χ2n) is 27.5. The van der Waals surface area contributed by atoms with E-state index >= 15 is 0 Å². The maximum Gasteiger partial charge on any atom is 0.252 e. The lowest BCUT2D eigenvalue weighted by atomic mass is 9.32. The van der Waals surface area contributed by atoms with E-state index in [1.165, 1.54) is 60.8 Å². The van der Waals surface area contributed by atoms with E-state index in [0.29, 0.717) is 0 Å². The van der Waals surface area contributed by atoms with Crippen molar-refractivity contribution in [1.29, 1.82) is 0 Å². The summed E-state index contributed by atoms with van der Waals surface area (Å²) >= 11 is 0. The molecule has 5 nitrogen and oxygen atoms in total. The van der Waals surface area contributed by atoms with E-state index in [2.05, 4.69) is 301 Å². The topological polar surface area (TPSA) is 37.2 Å². The summed E-state index contributed by atoms with van der Waals surface area (Å²) in [6.45, 7) is 19.7. The van der Waals surface area contributed by atoms with Crippen LogP contribution in [-0.4, -0.2) is 21.2 Å². The quantitative estimate of drug-likeness (QED) is 0.149. The molecule has 5 heterocycles. The van der Waals surface area contributed by atoms with Gasteiger partial charge in [-0.05, 0) is 145 Å². The number of aromatic nitrogens is 3. The normalized spacial score (nSPS) is 16.5. The van der Waals surface area contributed by atoms with Crippen LogP contribution in [0.1, 0.15) is 103 Å². The van der Waals surface area contributed by atoms with Gasteiger partial charge in [0.1, 0.15) is 0 Å². The molecule has 16 rings (SSSR count). The highest BCUT2D eigenvalue weighted by Gasteiger charge is 2.50. The van der Waals surface area contributed by atoms with Crippen LogP contribution in [-0.2, 0) is 21.7 Å². The number of rotatable bonds is 7. The van der Waals surface area contributed by atoms with Gasteiger partial charge in [-0.3, -0.25) is 9.97 Å². The first-order valence-corrected chi connectivity index (χ1v) is 31.0. The lowest BCUT2D eigenvalue weighted by molar-refractivity contribution is 0.332. The molecule has 0 saturated heterocycles. The minimum Gasteiger partial charge on any atom is -0.310 e. The van der Waals surface area contributed by atoms with Crippen LogP contribution in [0.3, 0.4) is 0 Å². The number of anilines is 6. The molecule has 0 saturated carbocycles. The molecule has 86 heavy (non-hydrogen) atoms. The van der Waals surface area contributed by atoms with Crippen LogP contribution in [0.25, 0.3) is 72.0 Å². The monoisotopic (exact) mass is 1110 g/mol. The molecule has 0 bridgehead atoms. The molecular formula is C80H70BN5. The third kappa shape index (κ3) is 7.91. The van der Waals surface area contributed by atoms with Crippen molar-refractivity contribution in [3.63, 3.8) is 0 Å². The highest BCUT2D eigenvalue weighted by atomic mass is 15.2. The van der Waals surface area contributed by atoms with Crippen molar-refractivity contribution in [1.82, 2.24) is 14.5 Å². The van der Waals surface area contributed by atoms with Crippen molar-refractivity contribution < 1.29 is 0 Å². The molecule has 0 unspecified atom stereocenters. The van der Waals surface area contributed by atoms with Crippen LogP contribution in [0, 0.1) is 0 Å². The van der Waals surface area contributed by atoms with Crippen LogP contribution in [0.5, 0.6) is 0 Å². The predicted octanol–water partition coefficient (Wildman–Crippen LogP) is 19.0. The minimum atomic E-state index is -0.161. The van der Waals surface area contributed by atoms with Gasteiger partial charge in [0.05, 0.1) is 28.1 Å². The van der Waals surface area contributed by atoms with Crippen LogP contribution in [0.2, 0.25) is 0 Å². The molecular weight excluding hydrogens is 1040 g/mol. The summed E-state index contributed by atoms with van der Waals surface area (Å²) in [5.74, 6) is 0. The average molecular weight is 1110 g/mol. The van der Waals surface area contributed by atoms with Crippen molar-refractivity contribution in [2.75, 3.05) is 9.80 Å². The van der Waals surface area contributed by atoms with Gasteiger partial charge in [-0.1, -0.05) is 225 Å². The first-order valence-electron chi connectivity index (χ1n) is 31.0. The first-order chi connectivity index (χ1) is 41.7. The van der Waals surface area contributed by atoms with Gasteiger partial charge in [0.2, 0.25) is 0 Å². The molecule has 12 aromatic rings. The molecule has 9 aromatic carbocycles. The molecule has 0 spiro atoms.